The third-order valence-electron chi connectivity index (χ3n) is 6.92. The third-order valence-corrected chi connectivity index (χ3v) is 6.92. The zero-order valence-corrected chi connectivity index (χ0v) is 15.0. The number of nitro groups is 1. The van der Waals surface area contributed by atoms with Gasteiger partial charge in [0, 0.05) is 17.5 Å². The highest BCUT2D eigenvalue weighted by Crippen LogP contribution is 2.85. The average molecular weight is 341 g/mol. The largest absolute Gasteiger partial charge is 0.466 e. The van der Waals surface area contributed by atoms with E-state index >= 15 is 0 Å². The molecule has 6 atom stereocenters. The second-order valence-electron chi connectivity index (χ2n) is 8.14. The van der Waals surface area contributed by atoms with E-state index in [0.717, 1.165) is 5.56 Å². The first-order valence-corrected chi connectivity index (χ1v) is 8.87. The molecule has 0 aliphatic heterocycles. The monoisotopic (exact) mass is 341 g/mol. The van der Waals surface area contributed by atoms with Crippen LogP contribution in [0.4, 0.5) is 5.69 Å². The number of benzene rings is 1. The maximum Gasteiger partial charge on any atom is 0.310 e. The summed E-state index contributed by atoms with van der Waals surface area (Å²) in [6, 6.07) is 6.87. The van der Waals surface area contributed by atoms with Gasteiger partial charge in [-0.15, -0.1) is 0 Å². The van der Waals surface area contributed by atoms with Gasteiger partial charge in [0.05, 0.1) is 17.4 Å². The van der Waals surface area contributed by atoms with Gasteiger partial charge in [0.15, 0.2) is 0 Å². The Morgan fingerprint density at radius 3 is 2.48 bits per heavy atom. The van der Waals surface area contributed by atoms with E-state index in [1.165, 1.54) is 5.57 Å². The third kappa shape index (κ3) is 1.87. The van der Waals surface area contributed by atoms with Gasteiger partial charge in [-0.1, -0.05) is 37.6 Å². The quantitative estimate of drug-likeness (QED) is 0.358. The van der Waals surface area contributed by atoms with Crippen LogP contribution in [0.5, 0.6) is 0 Å². The topological polar surface area (TPSA) is 69.4 Å². The molecule has 6 unspecified atom stereocenters. The van der Waals surface area contributed by atoms with Crippen molar-refractivity contribution < 1.29 is 14.5 Å². The fraction of sp³-hybridized carbons (Fsp3) is 0.550. The molecule has 0 aromatic heterocycles. The standard InChI is InChI=1S/C20H23NO4/c1-5-25-18(22)16-15-14-11(2)10-19(16,3)17(20(14,15)4)12-6-8-13(9-7-12)21(23)24/h6-10,14-17H,5H2,1-4H3. The van der Waals surface area contributed by atoms with Crippen LogP contribution < -0.4 is 0 Å². The molecule has 0 radical (unpaired) electrons. The summed E-state index contributed by atoms with van der Waals surface area (Å²) < 4.78 is 5.40. The molecule has 4 aliphatic carbocycles. The Kier molecular flexibility index (Phi) is 3.22. The molecule has 5 rings (SSSR count). The Labute approximate surface area is 147 Å². The highest BCUT2D eigenvalue weighted by atomic mass is 16.6. The molecule has 132 valence electrons. The highest BCUT2D eigenvalue weighted by molar-refractivity contribution is 5.78. The van der Waals surface area contributed by atoms with Crippen molar-refractivity contribution in [2.24, 2.45) is 28.6 Å². The van der Waals surface area contributed by atoms with Crippen molar-refractivity contribution in [3.63, 3.8) is 0 Å². The van der Waals surface area contributed by atoms with E-state index in [1.54, 1.807) is 12.1 Å². The Morgan fingerprint density at radius 1 is 1.28 bits per heavy atom. The fourth-order valence-corrected chi connectivity index (χ4v) is 6.39. The summed E-state index contributed by atoms with van der Waals surface area (Å²) in [4.78, 5) is 23.3. The maximum atomic E-state index is 12.7. The lowest BCUT2D eigenvalue weighted by Crippen LogP contribution is -2.41. The van der Waals surface area contributed by atoms with Crippen LogP contribution in [0, 0.1) is 38.7 Å². The molecule has 5 nitrogen and oxygen atoms in total. The molecule has 5 heteroatoms. The number of hydrogen-bond acceptors (Lipinski definition) is 4. The van der Waals surface area contributed by atoms with Gasteiger partial charge in [-0.3, -0.25) is 14.9 Å². The number of non-ortho nitro benzene ring substituents is 1. The summed E-state index contributed by atoms with van der Waals surface area (Å²) in [5.74, 6) is 0.655. The van der Waals surface area contributed by atoms with Gasteiger partial charge in [0.1, 0.15) is 0 Å². The number of ether oxygens (including phenoxy) is 1. The predicted molar refractivity (Wildman–Crippen MR) is 92.9 cm³/mol. The first-order valence-electron chi connectivity index (χ1n) is 8.87. The second-order valence-corrected chi connectivity index (χ2v) is 8.14. The highest BCUT2D eigenvalue weighted by Gasteiger charge is 2.82. The van der Waals surface area contributed by atoms with E-state index in [4.69, 9.17) is 4.74 Å². The van der Waals surface area contributed by atoms with Gasteiger partial charge in [-0.05, 0) is 42.6 Å². The molecule has 25 heavy (non-hydrogen) atoms. The molecule has 0 saturated heterocycles. The normalized spacial score (nSPS) is 40.4. The summed E-state index contributed by atoms with van der Waals surface area (Å²) in [6.07, 6.45) is 2.26. The lowest BCUT2D eigenvalue weighted by molar-refractivity contribution is -0.384. The lowest BCUT2D eigenvalue weighted by atomic mass is 9.59. The molecule has 1 aromatic rings. The Bertz CT molecular complexity index is 798. The Morgan fingerprint density at radius 2 is 1.92 bits per heavy atom. The zero-order chi connectivity index (χ0) is 18.1. The number of rotatable bonds is 4. The summed E-state index contributed by atoms with van der Waals surface area (Å²) in [5.41, 5.74) is 2.28. The van der Waals surface area contributed by atoms with Crippen LogP contribution in [0.3, 0.4) is 0 Å². The van der Waals surface area contributed by atoms with E-state index < -0.39 is 0 Å². The molecule has 2 fully saturated rings. The van der Waals surface area contributed by atoms with Crippen molar-refractivity contribution >= 4 is 11.7 Å². The number of carbonyl (C=O) groups is 1. The van der Waals surface area contributed by atoms with E-state index in [-0.39, 0.29) is 39.2 Å². The summed E-state index contributed by atoms with van der Waals surface area (Å²) in [6.45, 7) is 8.81. The molecule has 0 spiro atoms. The number of carbonyl (C=O) groups excluding carboxylic acids is 1. The van der Waals surface area contributed by atoms with E-state index in [9.17, 15) is 14.9 Å². The van der Waals surface area contributed by atoms with Gasteiger partial charge in [0.2, 0.25) is 0 Å². The van der Waals surface area contributed by atoms with Crippen molar-refractivity contribution in [3.05, 3.63) is 51.6 Å². The molecule has 0 amide bonds. The van der Waals surface area contributed by atoms with Crippen LogP contribution in [0.15, 0.2) is 35.9 Å². The van der Waals surface area contributed by atoms with E-state index in [1.807, 2.05) is 19.1 Å². The van der Waals surface area contributed by atoms with E-state index in [2.05, 4.69) is 26.8 Å². The SMILES string of the molecule is CCOC(=O)C1C2C3C(C)=CC1(C)C(c1ccc([N+](=O)[O-])cc1)C32C. The van der Waals surface area contributed by atoms with Crippen molar-refractivity contribution in [1.82, 2.24) is 0 Å². The first-order chi connectivity index (χ1) is 11.8. The molecule has 0 heterocycles. The van der Waals surface area contributed by atoms with Crippen LogP contribution in [0.25, 0.3) is 0 Å². The smallest absolute Gasteiger partial charge is 0.310 e. The molecule has 2 saturated carbocycles. The molecule has 4 bridgehead atoms. The maximum absolute atomic E-state index is 12.7. The van der Waals surface area contributed by atoms with Gasteiger partial charge >= 0.3 is 5.97 Å². The molecular weight excluding hydrogens is 318 g/mol. The van der Waals surface area contributed by atoms with Crippen molar-refractivity contribution in [3.8, 4) is 0 Å². The average Bonchev–Trinajstić information content (AvgIpc) is 3.09. The zero-order valence-electron chi connectivity index (χ0n) is 15.0. The van der Waals surface area contributed by atoms with Crippen LogP contribution in [0.1, 0.15) is 39.2 Å². The minimum Gasteiger partial charge on any atom is -0.466 e. The van der Waals surface area contributed by atoms with E-state index in [0.29, 0.717) is 18.4 Å². The lowest BCUT2D eigenvalue weighted by Gasteiger charge is -2.44. The minimum absolute atomic E-state index is 0.0289. The number of nitro benzene ring substituents is 1. The number of hydrogen-bond donors (Lipinski definition) is 0. The van der Waals surface area contributed by atoms with Crippen LogP contribution >= 0.6 is 0 Å². The first kappa shape index (κ1) is 16.3. The number of nitrogens with zero attached hydrogens (tertiary/aromatic N) is 1. The number of esters is 1. The van der Waals surface area contributed by atoms with Gasteiger partial charge in [-0.25, -0.2) is 0 Å². The van der Waals surface area contributed by atoms with Crippen molar-refractivity contribution in [1.29, 1.82) is 0 Å². The van der Waals surface area contributed by atoms with Crippen LogP contribution in [-0.2, 0) is 9.53 Å². The summed E-state index contributed by atoms with van der Waals surface area (Å²) >= 11 is 0. The molecular formula is C20H23NO4. The summed E-state index contributed by atoms with van der Waals surface area (Å²) in [5, 5.41) is 11.0. The second kappa shape index (κ2) is 4.93. The molecule has 1 aromatic carbocycles. The minimum atomic E-state index is -0.376. The Balaban J connectivity index is 1.79. The van der Waals surface area contributed by atoms with Gasteiger partial charge in [0.25, 0.3) is 5.69 Å². The summed E-state index contributed by atoms with van der Waals surface area (Å²) in [7, 11) is 0. The Hall–Kier alpha value is -2.17. The van der Waals surface area contributed by atoms with Gasteiger partial charge in [-0.2, -0.15) is 0 Å². The predicted octanol–water partition coefficient (Wildman–Crippen LogP) is 4.09. The van der Waals surface area contributed by atoms with Crippen LogP contribution in [0.2, 0.25) is 0 Å². The van der Waals surface area contributed by atoms with Crippen LogP contribution in [-0.4, -0.2) is 17.5 Å². The van der Waals surface area contributed by atoms with Crippen molar-refractivity contribution in [2.75, 3.05) is 6.61 Å². The fourth-order valence-electron chi connectivity index (χ4n) is 6.39. The molecule has 4 aliphatic rings. The molecule has 0 N–H and O–H groups in total. The van der Waals surface area contributed by atoms with Crippen molar-refractivity contribution in [2.45, 2.75) is 33.6 Å². The van der Waals surface area contributed by atoms with Gasteiger partial charge < -0.3 is 4.74 Å². The number of allylic oxidation sites excluding steroid dienone is 2.